The number of ether oxygens (including phenoxy) is 2. The molecule has 5 N–H and O–H groups in total. The molecule has 0 saturated heterocycles. The summed E-state index contributed by atoms with van der Waals surface area (Å²) in [6.45, 7) is 2.10. The van der Waals surface area contributed by atoms with E-state index in [-0.39, 0.29) is 37.8 Å². The molecule has 38 heavy (non-hydrogen) atoms. The average molecular weight is 534 g/mol. The average Bonchev–Trinajstić information content (AvgIpc) is 3.26. The SMILES string of the molecule is CN(CC(N)=O)C(=O)OCc1cccc2nnc([C@@H](COCc3ccc(F)cc3F)NC(=O)C(C)(C)N)n12. The van der Waals surface area contributed by atoms with Crippen LogP contribution in [0.2, 0.25) is 0 Å². The zero-order chi connectivity index (χ0) is 28.0. The Labute approximate surface area is 216 Å². The van der Waals surface area contributed by atoms with Crippen LogP contribution in [0, 0.1) is 11.6 Å². The quantitative estimate of drug-likeness (QED) is 0.330. The maximum atomic E-state index is 14.0. The van der Waals surface area contributed by atoms with Crippen LogP contribution < -0.4 is 16.8 Å². The highest BCUT2D eigenvalue weighted by molar-refractivity contribution is 5.85. The topological polar surface area (TPSA) is 167 Å². The van der Waals surface area contributed by atoms with Gasteiger partial charge in [-0.05, 0) is 32.0 Å². The molecule has 0 spiro atoms. The Bertz CT molecular complexity index is 1330. The second kappa shape index (κ2) is 11.9. The van der Waals surface area contributed by atoms with E-state index in [0.29, 0.717) is 11.3 Å². The van der Waals surface area contributed by atoms with E-state index >= 15 is 0 Å². The maximum Gasteiger partial charge on any atom is 0.410 e. The Morgan fingerprint density at radius 1 is 1.16 bits per heavy atom. The van der Waals surface area contributed by atoms with Gasteiger partial charge >= 0.3 is 6.09 Å². The molecule has 2 heterocycles. The molecule has 204 valence electrons. The van der Waals surface area contributed by atoms with Gasteiger partial charge in [0.05, 0.1) is 24.4 Å². The van der Waals surface area contributed by atoms with Crippen LogP contribution >= 0.6 is 0 Å². The largest absolute Gasteiger partial charge is 0.443 e. The van der Waals surface area contributed by atoms with Crippen LogP contribution in [0.25, 0.3) is 5.65 Å². The highest BCUT2D eigenvalue weighted by atomic mass is 19.1. The molecule has 0 fully saturated rings. The Morgan fingerprint density at radius 2 is 1.89 bits per heavy atom. The summed E-state index contributed by atoms with van der Waals surface area (Å²) in [7, 11) is 1.36. The lowest BCUT2D eigenvalue weighted by Crippen LogP contribution is -2.51. The van der Waals surface area contributed by atoms with Gasteiger partial charge in [0, 0.05) is 18.7 Å². The number of hydrogen-bond acceptors (Lipinski definition) is 8. The van der Waals surface area contributed by atoms with Crippen molar-refractivity contribution in [1.29, 1.82) is 0 Å². The third-order valence-corrected chi connectivity index (χ3v) is 5.34. The van der Waals surface area contributed by atoms with E-state index in [1.807, 2.05) is 0 Å². The van der Waals surface area contributed by atoms with Gasteiger partial charge < -0.3 is 31.2 Å². The fraction of sp³-hybridized carbons (Fsp3) is 0.375. The monoisotopic (exact) mass is 533 g/mol. The van der Waals surface area contributed by atoms with E-state index in [2.05, 4.69) is 15.5 Å². The van der Waals surface area contributed by atoms with Crippen LogP contribution in [0.1, 0.15) is 37.0 Å². The van der Waals surface area contributed by atoms with Gasteiger partial charge in [-0.2, -0.15) is 0 Å². The normalized spacial score (nSPS) is 12.3. The minimum Gasteiger partial charge on any atom is -0.443 e. The number of nitrogens with two attached hydrogens (primary N) is 2. The van der Waals surface area contributed by atoms with Gasteiger partial charge in [-0.3, -0.25) is 14.0 Å². The minimum atomic E-state index is -1.24. The predicted octanol–water partition coefficient (Wildman–Crippen LogP) is 1.17. The molecular weight excluding hydrogens is 504 g/mol. The molecule has 12 nitrogen and oxygen atoms in total. The summed E-state index contributed by atoms with van der Waals surface area (Å²) in [6.07, 6.45) is -0.783. The number of carbonyl (C=O) groups excluding carboxylic acids is 3. The van der Waals surface area contributed by atoms with Crippen molar-refractivity contribution in [3.8, 4) is 0 Å². The molecule has 0 aliphatic heterocycles. The summed E-state index contributed by atoms with van der Waals surface area (Å²) >= 11 is 0. The highest BCUT2D eigenvalue weighted by Crippen LogP contribution is 2.19. The van der Waals surface area contributed by atoms with Crippen LogP contribution in [-0.2, 0) is 32.3 Å². The van der Waals surface area contributed by atoms with E-state index in [9.17, 15) is 23.2 Å². The number of benzene rings is 1. The number of nitrogens with zero attached hydrogens (tertiary/aromatic N) is 4. The number of rotatable bonds is 11. The van der Waals surface area contributed by atoms with Crippen LogP contribution in [0.5, 0.6) is 0 Å². The number of nitrogens with one attached hydrogen (secondary N) is 1. The number of halogens is 2. The van der Waals surface area contributed by atoms with Crippen LogP contribution in [-0.4, -0.2) is 63.1 Å². The third kappa shape index (κ3) is 7.20. The van der Waals surface area contributed by atoms with Crippen molar-refractivity contribution >= 4 is 23.6 Å². The summed E-state index contributed by atoms with van der Waals surface area (Å²) < 4.78 is 39.8. The van der Waals surface area contributed by atoms with Crippen LogP contribution in [0.15, 0.2) is 36.4 Å². The predicted molar refractivity (Wildman–Crippen MR) is 130 cm³/mol. The molecular formula is C24H29F2N7O5. The van der Waals surface area contributed by atoms with E-state index in [0.717, 1.165) is 17.0 Å². The van der Waals surface area contributed by atoms with Crippen molar-refractivity contribution in [1.82, 2.24) is 24.8 Å². The molecule has 2 aromatic heterocycles. The number of primary amides is 1. The Morgan fingerprint density at radius 3 is 2.55 bits per heavy atom. The van der Waals surface area contributed by atoms with Crippen molar-refractivity contribution in [3.05, 3.63) is 65.1 Å². The van der Waals surface area contributed by atoms with Crippen molar-refractivity contribution in [2.75, 3.05) is 20.2 Å². The summed E-state index contributed by atoms with van der Waals surface area (Å²) in [5.74, 6) is -2.48. The number of carbonyl (C=O) groups is 3. The van der Waals surface area contributed by atoms with E-state index in [1.165, 1.54) is 27.0 Å². The first kappa shape index (κ1) is 28.4. The van der Waals surface area contributed by atoms with Gasteiger partial charge in [0.1, 0.15) is 30.8 Å². The molecule has 1 aromatic carbocycles. The first-order valence-corrected chi connectivity index (χ1v) is 11.5. The lowest BCUT2D eigenvalue weighted by molar-refractivity contribution is -0.126. The molecule has 3 amide bonds. The smallest absolute Gasteiger partial charge is 0.410 e. The Kier molecular flexibility index (Phi) is 8.91. The number of amides is 3. The second-order valence-corrected chi connectivity index (χ2v) is 9.14. The van der Waals surface area contributed by atoms with E-state index in [1.54, 1.807) is 22.6 Å². The molecule has 0 radical (unpaired) electrons. The maximum absolute atomic E-state index is 14.0. The molecule has 0 aliphatic carbocycles. The number of hydrogen-bond donors (Lipinski definition) is 3. The molecule has 1 atom stereocenters. The van der Waals surface area contributed by atoms with Crippen molar-refractivity contribution in [2.45, 2.75) is 38.6 Å². The van der Waals surface area contributed by atoms with Crippen molar-refractivity contribution < 1.29 is 32.6 Å². The Balaban J connectivity index is 1.86. The summed E-state index contributed by atoms with van der Waals surface area (Å²) in [6, 6.07) is 7.19. The highest BCUT2D eigenvalue weighted by Gasteiger charge is 2.29. The summed E-state index contributed by atoms with van der Waals surface area (Å²) in [4.78, 5) is 37.1. The van der Waals surface area contributed by atoms with Gasteiger partial charge in [-0.25, -0.2) is 13.6 Å². The van der Waals surface area contributed by atoms with E-state index in [4.69, 9.17) is 20.9 Å². The number of likely N-dealkylation sites (N-methyl/N-ethyl adjacent to an activating group) is 1. The van der Waals surface area contributed by atoms with Crippen LogP contribution in [0.4, 0.5) is 13.6 Å². The van der Waals surface area contributed by atoms with Crippen molar-refractivity contribution in [2.24, 2.45) is 11.5 Å². The Hall–Kier alpha value is -4.17. The van der Waals surface area contributed by atoms with Crippen molar-refractivity contribution in [3.63, 3.8) is 0 Å². The zero-order valence-corrected chi connectivity index (χ0v) is 21.1. The van der Waals surface area contributed by atoms with Gasteiger partial charge in [-0.1, -0.05) is 12.1 Å². The first-order valence-electron chi connectivity index (χ1n) is 11.5. The molecule has 0 bridgehead atoms. The van der Waals surface area contributed by atoms with Gasteiger partial charge in [0.2, 0.25) is 11.8 Å². The molecule has 0 saturated carbocycles. The number of aromatic nitrogens is 3. The summed E-state index contributed by atoms with van der Waals surface area (Å²) in [5, 5.41) is 11.1. The zero-order valence-electron chi connectivity index (χ0n) is 21.1. The molecule has 0 aliphatic rings. The second-order valence-electron chi connectivity index (χ2n) is 9.14. The number of fused-ring (bicyclic) bond motifs is 1. The van der Waals surface area contributed by atoms with Crippen LogP contribution in [0.3, 0.4) is 0 Å². The lowest BCUT2D eigenvalue weighted by Gasteiger charge is -2.24. The van der Waals surface area contributed by atoms with Gasteiger partial charge in [0.15, 0.2) is 11.5 Å². The fourth-order valence-corrected chi connectivity index (χ4v) is 3.36. The molecule has 3 aromatic rings. The molecule has 14 heteroatoms. The first-order chi connectivity index (χ1) is 17.9. The lowest BCUT2D eigenvalue weighted by atomic mass is 10.1. The fourth-order valence-electron chi connectivity index (χ4n) is 3.36. The molecule has 0 unspecified atom stereocenters. The summed E-state index contributed by atoms with van der Waals surface area (Å²) in [5.41, 5.74) is 10.8. The van der Waals surface area contributed by atoms with Gasteiger partial charge in [0.25, 0.3) is 0 Å². The van der Waals surface area contributed by atoms with Gasteiger partial charge in [-0.15, -0.1) is 10.2 Å². The third-order valence-electron chi connectivity index (χ3n) is 5.34. The number of pyridine rings is 1. The molecule has 3 rings (SSSR count). The van der Waals surface area contributed by atoms with E-state index < -0.39 is 41.1 Å². The minimum absolute atomic E-state index is 0.120. The standard InChI is InChI=1S/C24H29F2N7O5/c1-24(2,28)22(35)29-18(13-37-11-14-7-8-15(25)9-17(14)26)21-31-30-20-6-4-5-16(33(20)21)12-38-23(36)32(3)10-19(27)34/h4-9,18H,10-13,28H2,1-3H3,(H2,27,34)(H,29,35)/t18-/m1/s1.